The molecule has 0 bridgehead atoms. The van der Waals surface area contributed by atoms with Crippen molar-refractivity contribution >= 4 is 5.97 Å². The lowest BCUT2D eigenvalue weighted by atomic mass is 9.91. The molecule has 5 nitrogen and oxygen atoms in total. The van der Waals surface area contributed by atoms with Crippen LogP contribution in [0.2, 0.25) is 0 Å². The average molecular weight is 270 g/mol. The van der Waals surface area contributed by atoms with Gasteiger partial charge in [0.05, 0.1) is 12.7 Å². The fraction of sp³-hybridized carbons (Fsp3) is 0.929. The first-order valence-corrected chi connectivity index (χ1v) is 7.44. The van der Waals surface area contributed by atoms with Crippen molar-refractivity contribution in [1.29, 1.82) is 0 Å². The number of carboxylic acids is 1. The summed E-state index contributed by atoms with van der Waals surface area (Å²) in [6.07, 6.45) is 3.30. The zero-order valence-corrected chi connectivity index (χ0v) is 12.0. The number of carboxylic acid groups (broad SMARTS) is 1. The molecule has 1 heterocycles. The van der Waals surface area contributed by atoms with E-state index >= 15 is 0 Å². The van der Waals surface area contributed by atoms with Crippen LogP contribution in [0.1, 0.15) is 33.1 Å². The Morgan fingerprint density at radius 1 is 1.47 bits per heavy atom. The number of hydrogen-bond donors (Lipinski definition) is 2. The molecule has 19 heavy (non-hydrogen) atoms. The van der Waals surface area contributed by atoms with Crippen LogP contribution >= 0.6 is 0 Å². The monoisotopic (exact) mass is 270 g/mol. The second-order valence-corrected chi connectivity index (χ2v) is 5.72. The first kappa shape index (κ1) is 14.8. The van der Waals surface area contributed by atoms with Gasteiger partial charge in [-0.1, -0.05) is 13.8 Å². The van der Waals surface area contributed by atoms with Crippen molar-refractivity contribution in [1.82, 2.24) is 10.2 Å². The van der Waals surface area contributed by atoms with E-state index in [1.165, 1.54) is 0 Å². The molecule has 2 N–H and O–H groups in total. The van der Waals surface area contributed by atoms with Crippen LogP contribution in [-0.4, -0.2) is 60.4 Å². The zero-order valence-electron chi connectivity index (χ0n) is 12.0. The van der Waals surface area contributed by atoms with Gasteiger partial charge in [-0.15, -0.1) is 0 Å². The summed E-state index contributed by atoms with van der Waals surface area (Å²) in [5.41, 5.74) is -0.760. The van der Waals surface area contributed by atoms with Crippen molar-refractivity contribution in [2.75, 3.05) is 32.8 Å². The molecule has 0 spiro atoms. The minimum Gasteiger partial charge on any atom is -0.480 e. The number of rotatable bonds is 7. The molecular formula is C14H26N2O3. The summed E-state index contributed by atoms with van der Waals surface area (Å²) in [6.45, 7) is 7.79. The van der Waals surface area contributed by atoms with E-state index in [9.17, 15) is 9.90 Å². The number of aliphatic carboxylic acids is 1. The number of morpholine rings is 1. The van der Waals surface area contributed by atoms with Crippen LogP contribution < -0.4 is 5.32 Å². The molecule has 0 amide bonds. The topological polar surface area (TPSA) is 61.8 Å². The lowest BCUT2D eigenvalue weighted by Gasteiger charge is -2.39. The van der Waals surface area contributed by atoms with Gasteiger partial charge in [-0.2, -0.15) is 0 Å². The third-order valence-electron chi connectivity index (χ3n) is 4.30. The average Bonchev–Trinajstić information content (AvgIpc) is 3.22. The van der Waals surface area contributed by atoms with Gasteiger partial charge in [-0.3, -0.25) is 9.69 Å². The second-order valence-electron chi connectivity index (χ2n) is 5.72. The van der Waals surface area contributed by atoms with Crippen LogP contribution in [0.25, 0.3) is 0 Å². The summed E-state index contributed by atoms with van der Waals surface area (Å²) in [6, 6.07) is 0. The number of likely N-dealkylation sites (N-methyl/N-ethyl adjacent to an activating group) is 1. The molecule has 2 fully saturated rings. The maximum absolute atomic E-state index is 11.8. The van der Waals surface area contributed by atoms with E-state index in [1.807, 2.05) is 6.92 Å². The van der Waals surface area contributed by atoms with E-state index in [0.717, 1.165) is 32.4 Å². The van der Waals surface area contributed by atoms with Crippen LogP contribution in [0.5, 0.6) is 0 Å². The molecule has 5 heteroatoms. The van der Waals surface area contributed by atoms with Crippen LogP contribution in [0.4, 0.5) is 0 Å². The minimum absolute atomic E-state index is 0.251. The van der Waals surface area contributed by atoms with Crippen LogP contribution in [0, 0.1) is 5.92 Å². The molecule has 1 saturated heterocycles. The van der Waals surface area contributed by atoms with Gasteiger partial charge in [0, 0.05) is 19.6 Å². The highest BCUT2D eigenvalue weighted by Crippen LogP contribution is 2.40. The Balaban J connectivity index is 2.04. The Bertz CT molecular complexity index is 320. The Hall–Kier alpha value is -0.650. The Kier molecular flexibility index (Phi) is 4.81. The van der Waals surface area contributed by atoms with E-state index in [2.05, 4.69) is 17.1 Å². The van der Waals surface area contributed by atoms with E-state index < -0.39 is 11.5 Å². The molecular weight excluding hydrogens is 244 g/mol. The van der Waals surface area contributed by atoms with Gasteiger partial charge in [0.15, 0.2) is 0 Å². The Labute approximate surface area is 115 Å². The summed E-state index contributed by atoms with van der Waals surface area (Å²) < 4.78 is 5.66. The molecule has 110 valence electrons. The van der Waals surface area contributed by atoms with E-state index in [-0.39, 0.29) is 12.0 Å². The fourth-order valence-corrected chi connectivity index (χ4v) is 3.06. The number of nitrogens with zero attached hydrogens (tertiary/aromatic N) is 1. The maximum atomic E-state index is 11.8. The molecule has 2 aliphatic rings. The van der Waals surface area contributed by atoms with Crippen molar-refractivity contribution in [3.05, 3.63) is 0 Å². The molecule has 2 rings (SSSR count). The van der Waals surface area contributed by atoms with Gasteiger partial charge in [0.1, 0.15) is 5.54 Å². The molecule has 0 aromatic carbocycles. The predicted octanol–water partition coefficient (Wildman–Crippen LogP) is 0.940. The lowest BCUT2D eigenvalue weighted by molar-refractivity contribution is -0.148. The van der Waals surface area contributed by atoms with Gasteiger partial charge >= 0.3 is 5.97 Å². The molecule has 2 unspecified atom stereocenters. The number of hydrogen-bond acceptors (Lipinski definition) is 4. The van der Waals surface area contributed by atoms with Gasteiger partial charge < -0.3 is 15.2 Å². The Morgan fingerprint density at radius 3 is 2.74 bits per heavy atom. The zero-order chi connectivity index (χ0) is 13.9. The third-order valence-corrected chi connectivity index (χ3v) is 4.30. The van der Waals surface area contributed by atoms with Crippen LogP contribution in [0.3, 0.4) is 0 Å². The van der Waals surface area contributed by atoms with Crippen LogP contribution in [-0.2, 0) is 9.53 Å². The molecule has 1 saturated carbocycles. The first-order valence-electron chi connectivity index (χ1n) is 7.44. The minimum atomic E-state index is -0.760. The largest absolute Gasteiger partial charge is 0.480 e. The number of ether oxygens (including phenoxy) is 1. The Morgan fingerprint density at radius 2 is 2.21 bits per heavy atom. The van der Waals surface area contributed by atoms with Crippen molar-refractivity contribution in [2.24, 2.45) is 5.92 Å². The summed E-state index contributed by atoms with van der Waals surface area (Å²) in [5, 5.41) is 13.0. The summed E-state index contributed by atoms with van der Waals surface area (Å²) in [4.78, 5) is 14.1. The summed E-state index contributed by atoms with van der Waals surface area (Å²) in [7, 11) is 0. The van der Waals surface area contributed by atoms with Crippen molar-refractivity contribution in [2.45, 2.75) is 44.8 Å². The van der Waals surface area contributed by atoms with Crippen molar-refractivity contribution in [3.8, 4) is 0 Å². The van der Waals surface area contributed by atoms with E-state index in [1.54, 1.807) is 0 Å². The van der Waals surface area contributed by atoms with Crippen molar-refractivity contribution in [3.63, 3.8) is 0 Å². The molecule has 2 atom stereocenters. The molecule has 1 aliphatic carbocycles. The van der Waals surface area contributed by atoms with Gasteiger partial charge in [-0.25, -0.2) is 0 Å². The number of nitrogens with one attached hydrogen (secondary N) is 1. The predicted molar refractivity (Wildman–Crippen MR) is 73.2 cm³/mol. The maximum Gasteiger partial charge on any atom is 0.325 e. The standard InChI is InChI=1S/C14H26N2O3/c1-3-12-9-16(7-8-19-12)10-14(13(17)18,15-4-2)11-5-6-11/h11-12,15H,3-10H2,1-2H3,(H,17,18). The summed E-state index contributed by atoms with van der Waals surface area (Å²) >= 11 is 0. The summed E-state index contributed by atoms with van der Waals surface area (Å²) in [5.74, 6) is -0.413. The van der Waals surface area contributed by atoms with Gasteiger partial charge in [0.25, 0.3) is 0 Å². The second kappa shape index (κ2) is 6.20. The molecule has 0 aromatic rings. The number of carbonyl (C=O) groups is 1. The van der Waals surface area contributed by atoms with E-state index in [4.69, 9.17) is 4.74 Å². The smallest absolute Gasteiger partial charge is 0.325 e. The highest BCUT2D eigenvalue weighted by atomic mass is 16.5. The van der Waals surface area contributed by atoms with Gasteiger partial charge in [-0.05, 0) is 31.7 Å². The molecule has 1 aliphatic heterocycles. The molecule has 0 aromatic heterocycles. The third kappa shape index (κ3) is 3.27. The van der Waals surface area contributed by atoms with Crippen LogP contribution in [0.15, 0.2) is 0 Å². The lowest BCUT2D eigenvalue weighted by Crippen LogP contribution is -2.62. The first-order chi connectivity index (χ1) is 9.12. The van der Waals surface area contributed by atoms with Crippen molar-refractivity contribution < 1.29 is 14.6 Å². The van der Waals surface area contributed by atoms with E-state index in [0.29, 0.717) is 19.7 Å². The molecule has 0 radical (unpaired) electrons. The van der Waals surface area contributed by atoms with Gasteiger partial charge in [0.2, 0.25) is 0 Å². The SMILES string of the molecule is CCNC(CN1CCOC(CC)C1)(C(=O)O)C1CC1. The highest BCUT2D eigenvalue weighted by Gasteiger charge is 2.51. The quantitative estimate of drug-likeness (QED) is 0.721. The normalized spacial score (nSPS) is 28.0. The highest BCUT2D eigenvalue weighted by molar-refractivity contribution is 5.80. The fourth-order valence-electron chi connectivity index (χ4n) is 3.06.